The van der Waals surface area contributed by atoms with Crippen LogP contribution in [0, 0.1) is 5.41 Å². The van der Waals surface area contributed by atoms with E-state index in [-0.39, 0.29) is 30.6 Å². The summed E-state index contributed by atoms with van der Waals surface area (Å²) in [4.78, 5) is 42.8. The van der Waals surface area contributed by atoms with Crippen LogP contribution in [0.15, 0.2) is 60.7 Å². The quantitative estimate of drug-likeness (QED) is 0.0929. The molecular weight excluding hydrogens is 700 g/mol. The average molecular weight is 751 g/mol. The van der Waals surface area contributed by atoms with E-state index in [1.807, 2.05) is 18.2 Å². The average Bonchev–Trinajstić information content (AvgIpc) is 3.06. The Bertz CT molecular complexity index is 1770. The predicted octanol–water partition coefficient (Wildman–Crippen LogP) is 6.40. The van der Waals surface area contributed by atoms with E-state index >= 15 is 0 Å². The molecule has 1 atom stereocenters. The van der Waals surface area contributed by atoms with Crippen LogP contribution in [0.25, 0.3) is 0 Å². The first-order chi connectivity index (χ1) is 24.9. The van der Waals surface area contributed by atoms with Crippen molar-refractivity contribution >= 4 is 46.8 Å². The van der Waals surface area contributed by atoms with E-state index in [4.69, 9.17) is 36.0 Å². The third-order valence-electron chi connectivity index (χ3n) is 7.98. The fourth-order valence-corrected chi connectivity index (χ4v) is 5.56. The summed E-state index contributed by atoms with van der Waals surface area (Å²) in [6.07, 6.45) is -0.734. The molecule has 0 radical (unpaired) electrons. The molecule has 3 aromatic rings. The fraction of sp³-hybridized carbons (Fsp3) is 0.436. The van der Waals surface area contributed by atoms with E-state index in [2.05, 4.69) is 39.8 Å². The van der Waals surface area contributed by atoms with Crippen molar-refractivity contribution < 1.29 is 33.3 Å². The molecule has 0 saturated carbocycles. The van der Waals surface area contributed by atoms with Crippen molar-refractivity contribution in [2.24, 2.45) is 0 Å². The van der Waals surface area contributed by atoms with E-state index in [9.17, 15) is 14.4 Å². The lowest BCUT2D eigenvalue weighted by Gasteiger charge is -2.37. The highest BCUT2D eigenvalue weighted by Gasteiger charge is 2.25. The summed E-state index contributed by atoms with van der Waals surface area (Å²) in [6, 6.07) is 17.1. The first kappa shape index (κ1) is 40.9. The molecule has 2 amide bonds. The normalized spacial score (nSPS) is 15.2. The highest BCUT2D eigenvalue weighted by Crippen LogP contribution is 2.33. The Labute approximate surface area is 316 Å². The van der Waals surface area contributed by atoms with Gasteiger partial charge in [-0.3, -0.25) is 20.4 Å². The number of hydrogen-bond donors (Lipinski definition) is 4. The predicted molar refractivity (Wildman–Crippen MR) is 207 cm³/mol. The summed E-state index contributed by atoms with van der Waals surface area (Å²) < 4.78 is 23.1. The van der Waals surface area contributed by atoms with Crippen LogP contribution in [-0.4, -0.2) is 97.8 Å². The maximum atomic E-state index is 13.6. The molecule has 1 fully saturated rings. The van der Waals surface area contributed by atoms with E-state index in [1.54, 1.807) is 84.0 Å². The highest BCUT2D eigenvalue weighted by atomic mass is 35.5. The third-order valence-corrected chi connectivity index (χ3v) is 8.21. The number of carbonyl (C=O) groups excluding carboxylic acids is 3. The molecule has 1 aliphatic rings. The summed E-state index contributed by atoms with van der Waals surface area (Å²) in [5.41, 5.74) is 0.997. The Morgan fingerprint density at radius 3 is 2.28 bits per heavy atom. The standard InChI is InChI=1S/C39H51ClN6O7/c1-38(2,3)52-33(47)24-51-34-26(10-9-11-32(34)50-23-29-22-45(7)18-19-46(29)8)21-42-31-17-14-27(40)20-30(31)36(48)43-28-15-12-25(13-16-28)35(41)44-37(49)53-39(4,5)6/h9-17,20,29,42H,18-19,21-24H2,1-8H3,(H,43,48)(H2,41,44,49). The number of para-hydroxylation sites is 1. The second-order valence-electron chi connectivity index (χ2n) is 14.9. The summed E-state index contributed by atoms with van der Waals surface area (Å²) in [5.74, 6) is -0.201. The van der Waals surface area contributed by atoms with Gasteiger partial charge in [0, 0.05) is 53.7 Å². The second kappa shape index (κ2) is 17.8. The number of anilines is 2. The molecule has 3 aromatic carbocycles. The summed E-state index contributed by atoms with van der Waals surface area (Å²) >= 11 is 6.34. The maximum absolute atomic E-state index is 13.6. The fourth-order valence-electron chi connectivity index (χ4n) is 5.39. The van der Waals surface area contributed by atoms with Gasteiger partial charge in [0.05, 0.1) is 11.6 Å². The third kappa shape index (κ3) is 13.0. The number of esters is 1. The van der Waals surface area contributed by atoms with Crippen molar-refractivity contribution in [3.8, 4) is 11.5 Å². The second-order valence-corrected chi connectivity index (χ2v) is 15.3. The molecule has 4 N–H and O–H groups in total. The van der Waals surface area contributed by atoms with Crippen molar-refractivity contribution in [2.45, 2.75) is 65.3 Å². The molecule has 14 heteroatoms. The lowest BCUT2D eigenvalue weighted by Crippen LogP contribution is -2.52. The van der Waals surface area contributed by atoms with Crippen molar-refractivity contribution in [3.63, 3.8) is 0 Å². The topological polar surface area (TPSA) is 155 Å². The van der Waals surface area contributed by atoms with Crippen LogP contribution in [0.2, 0.25) is 5.02 Å². The molecule has 1 unspecified atom stereocenters. The first-order valence-electron chi connectivity index (χ1n) is 17.4. The minimum absolute atomic E-state index is 0.142. The minimum Gasteiger partial charge on any atom is -0.488 e. The number of hydrogen-bond acceptors (Lipinski definition) is 11. The Morgan fingerprint density at radius 2 is 1.60 bits per heavy atom. The molecule has 0 bridgehead atoms. The highest BCUT2D eigenvalue weighted by molar-refractivity contribution is 6.31. The van der Waals surface area contributed by atoms with Crippen LogP contribution >= 0.6 is 11.6 Å². The van der Waals surface area contributed by atoms with Crippen LogP contribution in [0.5, 0.6) is 11.5 Å². The molecule has 0 aromatic heterocycles. The van der Waals surface area contributed by atoms with Gasteiger partial charge in [0.2, 0.25) is 0 Å². The molecule has 286 valence electrons. The Kier molecular flexibility index (Phi) is 13.7. The summed E-state index contributed by atoms with van der Waals surface area (Å²) in [6.45, 7) is 13.7. The van der Waals surface area contributed by atoms with Crippen molar-refractivity contribution in [3.05, 3.63) is 82.4 Å². The van der Waals surface area contributed by atoms with Gasteiger partial charge in [-0.05, 0) is 104 Å². The number of carbonyl (C=O) groups is 3. The lowest BCUT2D eigenvalue weighted by atomic mass is 10.1. The number of nitrogens with one attached hydrogen (secondary N) is 4. The van der Waals surface area contributed by atoms with Gasteiger partial charge in [-0.15, -0.1) is 0 Å². The van der Waals surface area contributed by atoms with Crippen molar-refractivity contribution in [2.75, 3.05) is 57.6 Å². The van der Waals surface area contributed by atoms with Crippen LogP contribution in [-0.2, 0) is 20.8 Å². The van der Waals surface area contributed by atoms with E-state index in [1.165, 1.54) is 0 Å². The molecule has 53 heavy (non-hydrogen) atoms. The van der Waals surface area contributed by atoms with E-state index < -0.39 is 29.2 Å². The Hall–Kier alpha value is -4.85. The van der Waals surface area contributed by atoms with Gasteiger partial charge >= 0.3 is 12.1 Å². The van der Waals surface area contributed by atoms with Crippen LogP contribution < -0.4 is 25.4 Å². The molecule has 1 heterocycles. The number of amides is 2. The zero-order valence-electron chi connectivity index (χ0n) is 31.7. The van der Waals surface area contributed by atoms with Crippen LogP contribution in [0.3, 0.4) is 0 Å². The molecule has 1 saturated heterocycles. The smallest absolute Gasteiger partial charge is 0.413 e. The number of halogens is 1. The van der Waals surface area contributed by atoms with Gasteiger partial charge in [0.15, 0.2) is 18.1 Å². The van der Waals surface area contributed by atoms with Gasteiger partial charge in [0.25, 0.3) is 5.91 Å². The van der Waals surface area contributed by atoms with Crippen LogP contribution in [0.1, 0.15) is 63.0 Å². The van der Waals surface area contributed by atoms with Crippen LogP contribution in [0.4, 0.5) is 16.2 Å². The number of likely N-dealkylation sites (N-methyl/N-ethyl adjacent to an activating group) is 2. The van der Waals surface area contributed by atoms with Crippen molar-refractivity contribution in [1.82, 2.24) is 15.1 Å². The Balaban J connectivity index is 1.49. The summed E-state index contributed by atoms with van der Waals surface area (Å²) in [5, 5.41) is 17.2. The molecule has 13 nitrogen and oxygen atoms in total. The lowest BCUT2D eigenvalue weighted by molar-refractivity contribution is -0.157. The van der Waals surface area contributed by atoms with E-state index in [0.717, 1.165) is 19.6 Å². The van der Waals surface area contributed by atoms with Gasteiger partial charge in [-0.25, -0.2) is 9.59 Å². The largest absolute Gasteiger partial charge is 0.488 e. The van der Waals surface area contributed by atoms with Crippen molar-refractivity contribution in [1.29, 1.82) is 5.41 Å². The first-order valence-corrected chi connectivity index (χ1v) is 17.8. The van der Waals surface area contributed by atoms with Gasteiger partial charge in [-0.1, -0.05) is 23.7 Å². The number of piperazine rings is 1. The number of benzene rings is 3. The number of nitrogens with zero attached hydrogens (tertiary/aromatic N) is 2. The summed E-state index contributed by atoms with van der Waals surface area (Å²) in [7, 11) is 4.17. The number of rotatable bonds is 12. The molecular formula is C39H51ClN6O7. The number of ether oxygens (including phenoxy) is 4. The molecule has 0 aliphatic carbocycles. The monoisotopic (exact) mass is 750 g/mol. The number of amidine groups is 1. The van der Waals surface area contributed by atoms with Gasteiger partial charge in [-0.2, -0.15) is 0 Å². The number of alkyl carbamates (subject to hydrolysis) is 1. The zero-order valence-corrected chi connectivity index (χ0v) is 32.5. The van der Waals surface area contributed by atoms with E-state index in [0.29, 0.717) is 45.6 Å². The maximum Gasteiger partial charge on any atom is 0.413 e. The SMILES string of the molecule is CN1CCN(C)C(COc2cccc(CNc3ccc(Cl)cc3C(=O)Nc3ccc(C(=N)NC(=O)OC(C)(C)C)cc3)c2OCC(=O)OC(C)(C)C)C1. The zero-order chi connectivity index (χ0) is 38.9. The molecule has 4 rings (SSSR count). The molecule has 1 aliphatic heterocycles. The Morgan fingerprint density at radius 1 is 0.906 bits per heavy atom. The van der Waals surface area contributed by atoms with Gasteiger partial charge < -0.3 is 34.5 Å². The van der Waals surface area contributed by atoms with Gasteiger partial charge in [0.1, 0.15) is 23.6 Å². The molecule has 0 spiro atoms. The minimum atomic E-state index is -0.734.